The van der Waals surface area contributed by atoms with Crippen LogP contribution >= 0.6 is 0 Å². The molecule has 0 spiro atoms. The maximum absolute atomic E-state index is 3.69. The molecule has 0 bridgehead atoms. The van der Waals surface area contributed by atoms with Gasteiger partial charge in [0.1, 0.15) is 0 Å². The molecule has 2 fully saturated rings. The van der Waals surface area contributed by atoms with E-state index in [9.17, 15) is 0 Å². The molecule has 2 nitrogen and oxygen atoms in total. The normalized spacial score (nSPS) is 32.1. The second-order valence-corrected chi connectivity index (χ2v) is 4.84. The fourth-order valence-corrected chi connectivity index (χ4v) is 2.26. The highest BCUT2D eigenvalue weighted by Crippen LogP contribution is 2.33. The van der Waals surface area contributed by atoms with Gasteiger partial charge in [0.15, 0.2) is 0 Å². The van der Waals surface area contributed by atoms with E-state index in [1.807, 2.05) is 0 Å². The van der Waals surface area contributed by atoms with E-state index in [-0.39, 0.29) is 0 Å². The summed E-state index contributed by atoms with van der Waals surface area (Å²) < 4.78 is 0. The van der Waals surface area contributed by atoms with E-state index < -0.39 is 0 Å². The Balaban J connectivity index is 1.89. The molecule has 1 saturated carbocycles. The Kier molecular flexibility index (Phi) is 2.89. The molecular formula is C11H22N2. The Labute approximate surface area is 81.7 Å². The Morgan fingerprint density at radius 1 is 1.31 bits per heavy atom. The summed E-state index contributed by atoms with van der Waals surface area (Å²) in [5, 5.41) is 3.69. The number of hydrogen-bond acceptors (Lipinski definition) is 2. The van der Waals surface area contributed by atoms with Crippen molar-refractivity contribution >= 4 is 0 Å². The van der Waals surface area contributed by atoms with Crippen LogP contribution in [0.4, 0.5) is 0 Å². The minimum atomic E-state index is 0.723. The average Bonchev–Trinajstić information content (AvgIpc) is 2.91. The average molecular weight is 182 g/mol. The standard InChI is InChI=1S/C11H22N2/c1-9(2)13-7-3-6-12-11(8-13)10-4-5-10/h9-12H,3-8H2,1-2H3. The molecule has 76 valence electrons. The minimum Gasteiger partial charge on any atom is -0.312 e. The molecule has 0 aromatic rings. The quantitative estimate of drug-likeness (QED) is 0.695. The van der Waals surface area contributed by atoms with Crippen molar-refractivity contribution in [2.24, 2.45) is 5.92 Å². The Morgan fingerprint density at radius 3 is 2.69 bits per heavy atom. The number of nitrogens with zero attached hydrogens (tertiary/aromatic N) is 1. The molecular weight excluding hydrogens is 160 g/mol. The minimum absolute atomic E-state index is 0.723. The van der Waals surface area contributed by atoms with Gasteiger partial charge in [0.25, 0.3) is 0 Å². The Bertz CT molecular complexity index is 153. The van der Waals surface area contributed by atoms with Crippen molar-refractivity contribution in [1.29, 1.82) is 0 Å². The van der Waals surface area contributed by atoms with Crippen molar-refractivity contribution in [3.63, 3.8) is 0 Å². The van der Waals surface area contributed by atoms with Gasteiger partial charge >= 0.3 is 0 Å². The zero-order valence-electron chi connectivity index (χ0n) is 8.92. The topological polar surface area (TPSA) is 15.3 Å². The lowest BCUT2D eigenvalue weighted by Crippen LogP contribution is -2.41. The van der Waals surface area contributed by atoms with Gasteiger partial charge in [-0.25, -0.2) is 0 Å². The van der Waals surface area contributed by atoms with Crippen LogP contribution < -0.4 is 5.32 Å². The molecule has 13 heavy (non-hydrogen) atoms. The lowest BCUT2D eigenvalue weighted by atomic mass is 10.1. The van der Waals surface area contributed by atoms with E-state index in [1.54, 1.807) is 0 Å². The van der Waals surface area contributed by atoms with Crippen LogP contribution in [0.5, 0.6) is 0 Å². The van der Waals surface area contributed by atoms with Crippen molar-refractivity contribution in [2.75, 3.05) is 19.6 Å². The SMILES string of the molecule is CC(C)N1CCCNC(C2CC2)C1. The summed E-state index contributed by atoms with van der Waals surface area (Å²) in [6.07, 6.45) is 4.24. The lowest BCUT2D eigenvalue weighted by Gasteiger charge is -2.27. The fraction of sp³-hybridized carbons (Fsp3) is 1.00. The van der Waals surface area contributed by atoms with Gasteiger partial charge in [0, 0.05) is 18.6 Å². The smallest absolute Gasteiger partial charge is 0.0223 e. The molecule has 0 aromatic heterocycles. The first-order valence-electron chi connectivity index (χ1n) is 5.75. The van der Waals surface area contributed by atoms with Crippen molar-refractivity contribution in [3.8, 4) is 0 Å². The Morgan fingerprint density at radius 2 is 2.08 bits per heavy atom. The number of rotatable bonds is 2. The molecule has 1 aliphatic carbocycles. The van der Waals surface area contributed by atoms with Crippen LogP contribution in [-0.2, 0) is 0 Å². The molecule has 0 amide bonds. The van der Waals surface area contributed by atoms with Crippen molar-refractivity contribution < 1.29 is 0 Å². The highest BCUT2D eigenvalue weighted by molar-refractivity contribution is 4.90. The third-order valence-corrected chi connectivity index (χ3v) is 3.38. The molecule has 0 aromatic carbocycles. The molecule has 1 saturated heterocycles. The summed E-state index contributed by atoms with van der Waals surface area (Å²) in [5.74, 6) is 0.999. The van der Waals surface area contributed by atoms with E-state index in [1.165, 1.54) is 38.9 Å². The molecule has 1 aliphatic heterocycles. The summed E-state index contributed by atoms with van der Waals surface area (Å²) in [4.78, 5) is 2.63. The van der Waals surface area contributed by atoms with Crippen molar-refractivity contribution in [2.45, 2.75) is 45.2 Å². The number of nitrogens with one attached hydrogen (secondary N) is 1. The molecule has 1 heterocycles. The Hall–Kier alpha value is -0.0800. The molecule has 1 N–H and O–H groups in total. The van der Waals surface area contributed by atoms with Crippen LogP contribution in [0.1, 0.15) is 33.1 Å². The molecule has 2 aliphatic rings. The summed E-state index contributed by atoms with van der Waals surface area (Å²) >= 11 is 0. The predicted octanol–water partition coefficient (Wildman–Crippen LogP) is 1.47. The maximum atomic E-state index is 3.69. The zero-order chi connectivity index (χ0) is 9.26. The number of hydrogen-bond donors (Lipinski definition) is 1. The summed E-state index contributed by atoms with van der Waals surface area (Å²) in [6, 6.07) is 1.52. The maximum Gasteiger partial charge on any atom is 0.0223 e. The largest absolute Gasteiger partial charge is 0.312 e. The van der Waals surface area contributed by atoms with E-state index in [2.05, 4.69) is 24.1 Å². The van der Waals surface area contributed by atoms with Crippen LogP contribution in [0.2, 0.25) is 0 Å². The first kappa shape index (κ1) is 9.47. The van der Waals surface area contributed by atoms with Gasteiger partial charge in [-0.1, -0.05) is 0 Å². The predicted molar refractivity (Wildman–Crippen MR) is 55.8 cm³/mol. The van der Waals surface area contributed by atoms with E-state index >= 15 is 0 Å². The fourth-order valence-electron chi connectivity index (χ4n) is 2.26. The summed E-state index contributed by atoms with van der Waals surface area (Å²) in [7, 11) is 0. The molecule has 2 rings (SSSR count). The highest BCUT2D eigenvalue weighted by atomic mass is 15.2. The second-order valence-electron chi connectivity index (χ2n) is 4.84. The van der Waals surface area contributed by atoms with Crippen LogP contribution in [0.25, 0.3) is 0 Å². The van der Waals surface area contributed by atoms with E-state index in [0.717, 1.165) is 18.0 Å². The van der Waals surface area contributed by atoms with Gasteiger partial charge in [-0.3, -0.25) is 4.90 Å². The first-order chi connectivity index (χ1) is 6.27. The third-order valence-electron chi connectivity index (χ3n) is 3.38. The van der Waals surface area contributed by atoms with Gasteiger partial charge in [-0.2, -0.15) is 0 Å². The monoisotopic (exact) mass is 182 g/mol. The zero-order valence-corrected chi connectivity index (χ0v) is 8.92. The van der Waals surface area contributed by atoms with Crippen LogP contribution in [0.15, 0.2) is 0 Å². The lowest BCUT2D eigenvalue weighted by molar-refractivity contribution is 0.211. The highest BCUT2D eigenvalue weighted by Gasteiger charge is 2.33. The van der Waals surface area contributed by atoms with Crippen molar-refractivity contribution in [1.82, 2.24) is 10.2 Å². The molecule has 1 unspecified atom stereocenters. The van der Waals surface area contributed by atoms with Gasteiger partial charge in [-0.15, -0.1) is 0 Å². The van der Waals surface area contributed by atoms with Crippen LogP contribution in [-0.4, -0.2) is 36.6 Å². The third kappa shape index (κ3) is 2.44. The first-order valence-corrected chi connectivity index (χ1v) is 5.75. The molecule has 2 heteroatoms. The van der Waals surface area contributed by atoms with Crippen LogP contribution in [0.3, 0.4) is 0 Å². The summed E-state index contributed by atoms with van der Waals surface area (Å²) in [6.45, 7) is 8.42. The van der Waals surface area contributed by atoms with E-state index in [4.69, 9.17) is 0 Å². The van der Waals surface area contributed by atoms with E-state index in [0.29, 0.717) is 0 Å². The van der Waals surface area contributed by atoms with Gasteiger partial charge in [0.05, 0.1) is 0 Å². The van der Waals surface area contributed by atoms with Crippen molar-refractivity contribution in [3.05, 3.63) is 0 Å². The molecule has 0 radical (unpaired) electrons. The molecule has 1 atom stereocenters. The summed E-state index contributed by atoms with van der Waals surface area (Å²) in [5.41, 5.74) is 0. The second kappa shape index (κ2) is 3.97. The van der Waals surface area contributed by atoms with Gasteiger partial charge in [-0.05, 0) is 52.1 Å². The van der Waals surface area contributed by atoms with Crippen LogP contribution in [0, 0.1) is 5.92 Å². The van der Waals surface area contributed by atoms with Gasteiger partial charge in [0.2, 0.25) is 0 Å². The van der Waals surface area contributed by atoms with Gasteiger partial charge < -0.3 is 5.32 Å².